The fraction of sp³-hybridized carbons (Fsp3) is 0.984. The van der Waals surface area contributed by atoms with Gasteiger partial charge in [0.25, 0.3) is 0 Å². The zero-order valence-corrected chi connectivity index (χ0v) is 56.0. The Kier molecular flexibility index (Phi) is 42.9. The minimum Gasteiger partial charge on any atom is -0.390 e. The summed E-state index contributed by atoms with van der Waals surface area (Å²) in [7, 11) is -11.2. The van der Waals surface area contributed by atoms with E-state index >= 15 is 0 Å². The molecule has 540 valence electrons. The molecule has 1 amide bonds. The number of hydrogen-bond donors (Lipinski definition) is 18. The van der Waals surface area contributed by atoms with Crippen LogP contribution in [0, 0.1) is 0 Å². The molecule has 2 saturated carbocycles. The third kappa shape index (κ3) is 31.2. The Bertz CT molecular complexity index is 1960. The molecule has 3 rings (SSSR count). The standard InChI is InChI=1S/C62H121NO26P2/c1-3-5-7-9-11-13-15-17-19-20-21-22-23-24-26-28-30-32-34-36-38-43(65)61(79)63-41(45(66)42(64)37-35-33-31-29-27-25-18-16-14-12-10-8-6-4-2)39-84-90(80,81)89-60-56(77)52(73)51(72)55(76)59(60)87-62-57(78)47(68)46(67)44(86-62)40-85-91(82,83)88-58-53(74)49(70)48(69)50(71)54(58)75/h41-60,62,64-78H,3-40H2,1-2H3,(H,63,79)(H,80,81)(H,82,83)/t41-,42+,43?,44+,45-,46+,47?,48?,49+,50?,51?,52?,53?,54?,55+,56?,57?,58?,59?,60-,62+/m0/s1. The van der Waals surface area contributed by atoms with Crippen LogP contribution >= 0.6 is 15.6 Å². The molecule has 1 heterocycles. The van der Waals surface area contributed by atoms with Gasteiger partial charge in [-0.2, -0.15) is 0 Å². The highest BCUT2D eigenvalue weighted by molar-refractivity contribution is 7.47. The Morgan fingerprint density at radius 3 is 1.13 bits per heavy atom. The molecule has 1 aliphatic heterocycles. The number of phosphoric acid groups is 2. The topological polar surface area (TPSA) is 463 Å². The van der Waals surface area contributed by atoms with E-state index in [1.165, 1.54) is 141 Å². The first-order valence-electron chi connectivity index (χ1n) is 34.4. The normalized spacial score (nSPS) is 31.6. The van der Waals surface area contributed by atoms with E-state index in [0.29, 0.717) is 19.3 Å². The summed E-state index contributed by atoms with van der Waals surface area (Å²) in [5, 5.41) is 163. The van der Waals surface area contributed by atoms with Crippen molar-refractivity contribution in [2.45, 2.75) is 373 Å². The maximum atomic E-state index is 13.8. The first-order chi connectivity index (χ1) is 43.3. The SMILES string of the molecule is CCCCCCCCCCCCCCCCCCCCCCC(O)C(=O)N[C@@H](COP(=O)(O)O[C@H]1C(O)C(O)C(O)[C@@H](O)C1O[C@H]1O[C@H](COP(=O)(O)OC2C(O)C(O)C(O)[C@@H](O)C2O)[C@@H](O)C(O)C1O)[C@H](O)[C@H](O)CCCCCCCCCCCCCCCC. The molecule has 0 bridgehead atoms. The van der Waals surface area contributed by atoms with Gasteiger partial charge < -0.3 is 101 Å². The van der Waals surface area contributed by atoms with E-state index in [1.807, 2.05) is 0 Å². The van der Waals surface area contributed by atoms with E-state index in [9.17, 15) is 100 Å². The van der Waals surface area contributed by atoms with Gasteiger partial charge in [0.1, 0.15) is 110 Å². The number of carbonyl (C=O) groups is 1. The fourth-order valence-electron chi connectivity index (χ4n) is 12.0. The number of phosphoric ester groups is 2. The molecular formula is C62H121NO26P2. The predicted octanol–water partition coefficient (Wildman–Crippen LogP) is 4.11. The van der Waals surface area contributed by atoms with Gasteiger partial charge in [0.15, 0.2) is 6.29 Å². The monoisotopic (exact) mass is 1360 g/mol. The number of rotatable bonds is 52. The summed E-state index contributed by atoms with van der Waals surface area (Å²) in [6, 6.07) is -1.69. The number of nitrogens with one attached hydrogen (secondary N) is 1. The Labute approximate surface area is 539 Å². The largest absolute Gasteiger partial charge is 0.472 e. The number of aliphatic hydroxyl groups excluding tert-OH is 15. The third-order valence-electron chi connectivity index (χ3n) is 18.0. The smallest absolute Gasteiger partial charge is 0.390 e. The first-order valence-corrected chi connectivity index (χ1v) is 37.4. The molecule has 23 atom stereocenters. The highest BCUT2D eigenvalue weighted by Crippen LogP contribution is 2.49. The van der Waals surface area contributed by atoms with Crippen LogP contribution in [0.1, 0.15) is 245 Å². The summed E-state index contributed by atoms with van der Waals surface area (Å²) in [5.74, 6) is -0.988. The van der Waals surface area contributed by atoms with Gasteiger partial charge >= 0.3 is 15.6 Å². The van der Waals surface area contributed by atoms with Crippen LogP contribution in [0.4, 0.5) is 0 Å². The average molecular weight is 1360 g/mol. The lowest BCUT2D eigenvalue weighted by atomic mass is 9.84. The molecule has 0 aromatic heterocycles. The average Bonchev–Trinajstić information content (AvgIpc) is 0.804. The summed E-state index contributed by atoms with van der Waals surface area (Å²) in [4.78, 5) is 35.1. The molecule has 0 spiro atoms. The van der Waals surface area contributed by atoms with E-state index < -0.39 is 163 Å². The molecule has 3 fully saturated rings. The summed E-state index contributed by atoms with van der Waals surface area (Å²) in [6.07, 6.45) is -4.82. The van der Waals surface area contributed by atoms with Crippen molar-refractivity contribution in [1.29, 1.82) is 0 Å². The van der Waals surface area contributed by atoms with Crippen LogP contribution in [0.2, 0.25) is 0 Å². The van der Waals surface area contributed by atoms with Gasteiger partial charge in [-0.25, -0.2) is 9.13 Å². The number of amides is 1. The number of hydrogen-bond acceptors (Lipinski definition) is 24. The van der Waals surface area contributed by atoms with Crippen LogP contribution in [0.15, 0.2) is 0 Å². The van der Waals surface area contributed by atoms with Gasteiger partial charge in [-0.05, 0) is 12.8 Å². The van der Waals surface area contributed by atoms with Crippen LogP contribution in [0.5, 0.6) is 0 Å². The van der Waals surface area contributed by atoms with E-state index in [4.69, 9.17) is 27.6 Å². The molecule has 29 heteroatoms. The molecule has 0 aromatic carbocycles. The highest BCUT2D eigenvalue weighted by Gasteiger charge is 2.56. The molecule has 18 N–H and O–H groups in total. The maximum Gasteiger partial charge on any atom is 0.472 e. The Balaban J connectivity index is 1.61. The lowest BCUT2D eigenvalue weighted by Crippen LogP contribution is -2.67. The molecule has 91 heavy (non-hydrogen) atoms. The zero-order chi connectivity index (χ0) is 67.5. The van der Waals surface area contributed by atoms with Crippen LogP contribution in [0.25, 0.3) is 0 Å². The second-order valence-electron chi connectivity index (χ2n) is 25.8. The molecule has 0 radical (unpaired) electrons. The van der Waals surface area contributed by atoms with Gasteiger partial charge in [0.2, 0.25) is 5.91 Å². The summed E-state index contributed by atoms with van der Waals surface area (Å²) >= 11 is 0. The van der Waals surface area contributed by atoms with Crippen LogP contribution in [-0.4, -0.2) is 234 Å². The van der Waals surface area contributed by atoms with Crippen molar-refractivity contribution in [3.63, 3.8) is 0 Å². The summed E-state index contributed by atoms with van der Waals surface area (Å²) in [5.41, 5.74) is 0. The molecule has 3 aliphatic rings. The minimum absolute atomic E-state index is 0.0371. The molecule has 0 aromatic rings. The molecule has 14 unspecified atom stereocenters. The van der Waals surface area contributed by atoms with E-state index in [-0.39, 0.29) is 12.8 Å². The number of unbranched alkanes of at least 4 members (excludes halogenated alkanes) is 32. The van der Waals surface area contributed by atoms with Gasteiger partial charge in [-0.15, -0.1) is 0 Å². The van der Waals surface area contributed by atoms with Crippen molar-refractivity contribution in [3.05, 3.63) is 0 Å². The summed E-state index contributed by atoms with van der Waals surface area (Å²) < 4.78 is 57.8. The molecule has 2 aliphatic carbocycles. The van der Waals surface area contributed by atoms with Gasteiger partial charge in [0, 0.05) is 0 Å². The molecule has 27 nitrogen and oxygen atoms in total. The quantitative estimate of drug-likeness (QED) is 0.0301. The highest BCUT2D eigenvalue weighted by atomic mass is 31.2. The second kappa shape index (κ2) is 46.3. The van der Waals surface area contributed by atoms with E-state index in [1.54, 1.807) is 0 Å². The maximum absolute atomic E-state index is 13.8. The lowest BCUT2D eigenvalue weighted by molar-refractivity contribution is -0.337. The first kappa shape index (κ1) is 84.2. The van der Waals surface area contributed by atoms with Crippen molar-refractivity contribution in [3.8, 4) is 0 Å². The fourth-order valence-corrected chi connectivity index (χ4v) is 13.9. The minimum atomic E-state index is -5.69. The molecular weight excluding hydrogens is 1240 g/mol. The van der Waals surface area contributed by atoms with Crippen molar-refractivity contribution >= 4 is 21.6 Å². The number of carbonyl (C=O) groups excluding carboxylic acids is 1. The van der Waals surface area contributed by atoms with Crippen LogP contribution < -0.4 is 5.32 Å². The van der Waals surface area contributed by atoms with E-state index in [0.717, 1.165) is 57.8 Å². The Morgan fingerprint density at radius 2 is 0.725 bits per heavy atom. The Hall–Kier alpha value is -0.990. The Morgan fingerprint density at radius 1 is 0.407 bits per heavy atom. The van der Waals surface area contributed by atoms with Crippen molar-refractivity contribution in [1.82, 2.24) is 5.32 Å². The number of aliphatic hydroxyl groups is 15. The third-order valence-corrected chi connectivity index (χ3v) is 20.0. The lowest BCUT2D eigenvalue weighted by Gasteiger charge is -2.47. The van der Waals surface area contributed by atoms with E-state index in [2.05, 4.69) is 19.2 Å². The number of ether oxygens (including phenoxy) is 2. The molecule has 1 saturated heterocycles. The van der Waals surface area contributed by atoms with Crippen molar-refractivity contribution < 1.29 is 128 Å². The van der Waals surface area contributed by atoms with Crippen LogP contribution in [0.3, 0.4) is 0 Å². The zero-order valence-electron chi connectivity index (χ0n) is 54.2. The van der Waals surface area contributed by atoms with Crippen molar-refractivity contribution in [2.24, 2.45) is 0 Å². The van der Waals surface area contributed by atoms with Crippen LogP contribution in [-0.2, 0) is 41.5 Å². The summed E-state index contributed by atoms with van der Waals surface area (Å²) in [6.45, 7) is 2.08. The van der Waals surface area contributed by atoms with Gasteiger partial charge in [-0.3, -0.25) is 22.9 Å². The predicted molar refractivity (Wildman–Crippen MR) is 334 cm³/mol. The second-order valence-corrected chi connectivity index (χ2v) is 28.6. The van der Waals surface area contributed by atoms with Crippen molar-refractivity contribution in [2.75, 3.05) is 13.2 Å². The van der Waals surface area contributed by atoms with Gasteiger partial charge in [0.05, 0.1) is 25.4 Å². The van der Waals surface area contributed by atoms with Gasteiger partial charge in [-0.1, -0.05) is 232 Å².